The summed E-state index contributed by atoms with van der Waals surface area (Å²) in [6.45, 7) is 5.97. The second kappa shape index (κ2) is 9.74. The van der Waals surface area contributed by atoms with Crippen LogP contribution in [-0.4, -0.2) is 33.1 Å². The van der Waals surface area contributed by atoms with E-state index in [1.807, 2.05) is 67.1 Å². The number of aryl methyl sites for hydroxylation is 1. The Hall–Kier alpha value is -4.57. The number of aromatic nitrogens is 2. The minimum Gasteiger partial charge on any atom is -0.478 e. The van der Waals surface area contributed by atoms with Crippen LogP contribution in [0.15, 0.2) is 60.3 Å². The Kier molecular flexibility index (Phi) is 6.56. The van der Waals surface area contributed by atoms with E-state index in [-0.39, 0.29) is 11.1 Å². The minimum absolute atomic E-state index is 0.0141. The van der Waals surface area contributed by atoms with E-state index in [9.17, 15) is 20.0 Å². The first kappa shape index (κ1) is 23.6. The van der Waals surface area contributed by atoms with Gasteiger partial charge in [-0.25, -0.2) is 4.79 Å². The monoisotopic (exact) mass is 466 g/mol. The SMILES string of the molecule is Cc1c(C(=O)O)cccc1-n1c(C)cc(/C=C(\C#N)C(=O)NCCc2c[nH]c3ccccc23)c1C. The van der Waals surface area contributed by atoms with Gasteiger partial charge < -0.3 is 20.0 Å². The van der Waals surface area contributed by atoms with Gasteiger partial charge in [0.15, 0.2) is 0 Å². The minimum atomic E-state index is -0.983. The number of aromatic amines is 1. The largest absolute Gasteiger partial charge is 0.478 e. The summed E-state index contributed by atoms with van der Waals surface area (Å²) < 4.78 is 1.94. The summed E-state index contributed by atoms with van der Waals surface area (Å²) in [4.78, 5) is 27.5. The smallest absolute Gasteiger partial charge is 0.336 e. The Morgan fingerprint density at radius 3 is 2.66 bits per heavy atom. The van der Waals surface area contributed by atoms with E-state index >= 15 is 0 Å². The molecule has 4 aromatic rings. The summed E-state index contributed by atoms with van der Waals surface area (Å²) in [5, 5.41) is 23.1. The lowest BCUT2D eigenvalue weighted by atomic mass is 10.1. The molecule has 35 heavy (non-hydrogen) atoms. The van der Waals surface area contributed by atoms with Crippen LogP contribution >= 0.6 is 0 Å². The van der Waals surface area contributed by atoms with E-state index in [1.165, 1.54) is 0 Å². The van der Waals surface area contributed by atoms with Crippen LogP contribution in [0.4, 0.5) is 0 Å². The quantitative estimate of drug-likeness (QED) is 0.267. The lowest BCUT2D eigenvalue weighted by molar-refractivity contribution is -0.117. The average molecular weight is 467 g/mol. The summed E-state index contributed by atoms with van der Waals surface area (Å²) in [5.41, 5.74) is 6.21. The summed E-state index contributed by atoms with van der Waals surface area (Å²) >= 11 is 0. The highest BCUT2D eigenvalue weighted by molar-refractivity contribution is 6.02. The van der Waals surface area contributed by atoms with Crippen LogP contribution in [0.2, 0.25) is 0 Å². The molecular weight excluding hydrogens is 440 g/mol. The van der Waals surface area contributed by atoms with Crippen molar-refractivity contribution in [3.05, 3.63) is 93.9 Å². The number of nitrogens with zero attached hydrogens (tertiary/aromatic N) is 2. The summed E-state index contributed by atoms with van der Waals surface area (Å²) in [7, 11) is 0. The van der Waals surface area contributed by atoms with Gasteiger partial charge in [0.1, 0.15) is 11.6 Å². The number of nitrogens with one attached hydrogen (secondary N) is 2. The molecule has 0 atom stereocenters. The number of para-hydroxylation sites is 1. The lowest BCUT2D eigenvalue weighted by Crippen LogP contribution is -2.26. The zero-order valence-electron chi connectivity index (χ0n) is 19.8. The molecule has 0 aliphatic rings. The third-order valence-corrected chi connectivity index (χ3v) is 6.27. The molecule has 0 saturated heterocycles. The van der Waals surface area contributed by atoms with Crippen molar-refractivity contribution in [1.29, 1.82) is 5.26 Å². The Labute approximate surface area is 203 Å². The Morgan fingerprint density at radius 2 is 1.91 bits per heavy atom. The second-order valence-electron chi connectivity index (χ2n) is 8.45. The van der Waals surface area contributed by atoms with Crippen molar-refractivity contribution in [2.45, 2.75) is 27.2 Å². The van der Waals surface area contributed by atoms with Crippen LogP contribution in [-0.2, 0) is 11.2 Å². The van der Waals surface area contributed by atoms with E-state index in [0.29, 0.717) is 18.5 Å². The number of aromatic carboxylic acids is 1. The molecule has 176 valence electrons. The normalized spacial score (nSPS) is 11.4. The Morgan fingerprint density at radius 1 is 1.14 bits per heavy atom. The van der Waals surface area contributed by atoms with Gasteiger partial charge in [0, 0.05) is 40.7 Å². The maximum Gasteiger partial charge on any atom is 0.336 e. The number of rotatable bonds is 7. The van der Waals surface area contributed by atoms with E-state index < -0.39 is 11.9 Å². The molecule has 0 spiro atoms. The van der Waals surface area contributed by atoms with Crippen LogP contribution in [0.5, 0.6) is 0 Å². The summed E-state index contributed by atoms with van der Waals surface area (Å²) in [6, 6.07) is 17.0. The predicted octanol–water partition coefficient (Wildman–Crippen LogP) is 4.85. The molecule has 0 bridgehead atoms. The van der Waals surface area contributed by atoms with E-state index in [4.69, 9.17) is 0 Å². The fourth-order valence-corrected chi connectivity index (χ4v) is 4.45. The number of carboxylic acids is 1. The molecule has 1 amide bonds. The molecule has 0 aliphatic carbocycles. The summed E-state index contributed by atoms with van der Waals surface area (Å²) in [5.74, 6) is -1.41. The molecule has 7 nitrogen and oxygen atoms in total. The molecule has 0 radical (unpaired) electrons. The van der Waals surface area contributed by atoms with Gasteiger partial charge in [-0.2, -0.15) is 5.26 Å². The van der Waals surface area contributed by atoms with Gasteiger partial charge in [-0.3, -0.25) is 4.79 Å². The highest BCUT2D eigenvalue weighted by Gasteiger charge is 2.17. The number of benzene rings is 2. The van der Waals surface area contributed by atoms with Crippen LogP contribution in [0.25, 0.3) is 22.7 Å². The van der Waals surface area contributed by atoms with Crippen molar-refractivity contribution in [2.75, 3.05) is 6.54 Å². The first-order chi connectivity index (χ1) is 16.8. The van der Waals surface area contributed by atoms with Gasteiger partial charge >= 0.3 is 5.97 Å². The van der Waals surface area contributed by atoms with E-state index in [2.05, 4.69) is 10.3 Å². The third kappa shape index (κ3) is 4.59. The molecule has 2 heterocycles. The van der Waals surface area contributed by atoms with E-state index in [1.54, 1.807) is 25.1 Å². The number of hydrogen-bond donors (Lipinski definition) is 3. The molecule has 3 N–H and O–H groups in total. The van der Waals surface area contributed by atoms with Crippen molar-refractivity contribution in [2.24, 2.45) is 0 Å². The number of carbonyl (C=O) groups excluding carboxylic acids is 1. The van der Waals surface area contributed by atoms with E-state index in [0.717, 1.165) is 39.1 Å². The number of carbonyl (C=O) groups is 2. The maximum absolute atomic E-state index is 12.7. The number of amides is 1. The van der Waals surface area contributed by atoms with Gasteiger partial charge in [-0.15, -0.1) is 0 Å². The van der Waals surface area contributed by atoms with Crippen molar-refractivity contribution < 1.29 is 14.7 Å². The van der Waals surface area contributed by atoms with Crippen LogP contribution in [0, 0.1) is 32.1 Å². The van der Waals surface area contributed by atoms with Gasteiger partial charge in [0.25, 0.3) is 5.91 Å². The average Bonchev–Trinajstić information content (AvgIpc) is 3.37. The third-order valence-electron chi connectivity index (χ3n) is 6.27. The molecule has 2 aromatic carbocycles. The zero-order chi connectivity index (χ0) is 25.1. The Bertz CT molecular complexity index is 1510. The lowest BCUT2D eigenvalue weighted by Gasteiger charge is -2.14. The van der Waals surface area contributed by atoms with Gasteiger partial charge in [0.05, 0.1) is 5.56 Å². The van der Waals surface area contributed by atoms with Crippen molar-refractivity contribution in [1.82, 2.24) is 14.9 Å². The van der Waals surface area contributed by atoms with Gasteiger partial charge in [-0.05, 0) is 74.2 Å². The molecule has 0 aliphatic heterocycles. The van der Waals surface area contributed by atoms with Gasteiger partial charge in [-0.1, -0.05) is 24.3 Å². The molecule has 7 heteroatoms. The number of fused-ring (bicyclic) bond motifs is 1. The molecule has 0 unspecified atom stereocenters. The van der Waals surface area contributed by atoms with Crippen LogP contribution in [0.3, 0.4) is 0 Å². The van der Waals surface area contributed by atoms with Crippen LogP contribution in [0.1, 0.15) is 38.4 Å². The van der Waals surface area contributed by atoms with Gasteiger partial charge in [0.2, 0.25) is 0 Å². The molecule has 2 aromatic heterocycles. The Balaban J connectivity index is 1.54. The maximum atomic E-state index is 12.7. The highest BCUT2D eigenvalue weighted by atomic mass is 16.4. The van der Waals surface area contributed by atoms with Crippen molar-refractivity contribution in [3.63, 3.8) is 0 Å². The number of nitriles is 1. The second-order valence-corrected chi connectivity index (χ2v) is 8.45. The topological polar surface area (TPSA) is 111 Å². The highest BCUT2D eigenvalue weighted by Crippen LogP contribution is 2.26. The number of carboxylic acid groups (broad SMARTS) is 1. The molecule has 0 fully saturated rings. The molecule has 0 saturated carbocycles. The zero-order valence-corrected chi connectivity index (χ0v) is 19.8. The molecular formula is C28H26N4O3. The summed E-state index contributed by atoms with van der Waals surface area (Å²) in [6.07, 6.45) is 4.16. The molecule has 4 rings (SSSR count). The van der Waals surface area contributed by atoms with Crippen molar-refractivity contribution >= 4 is 28.9 Å². The predicted molar refractivity (Wildman–Crippen MR) is 136 cm³/mol. The number of hydrogen-bond acceptors (Lipinski definition) is 3. The van der Waals surface area contributed by atoms with Crippen LogP contribution < -0.4 is 5.32 Å². The van der Waals surface area contributed by atoms with Crippen molar-refractivity contribution in [3.8, 4) is 11.8 Å². The fraction of sp³-hybridized carbons (Fsp3) is 0.179. The first-order valence-electron chi connectivity index (χ1n) is 11.3. The first-order valence-corrected chi connectivity index (χ1v) is 11.3. The fourth-order valence-electron chi connectivity index (χ4n) is 4.45. The number of H-pyrrole nitrogens is 1. The standard InChI is InChI=1S/C28H26N4O3/c1-17-13-21(19(3)32(17)26-10-6-8-23(18(26)2)28(34)35)14-22(15-29)27(33)30-12-11-20-16-31-25-9-5-4-7-24(20)25/h4-10,13-14,16,31H,11-12H2,1-3H3,(H,30,33)(H,34,35)/b22-14+.